The van der Waals surface area contributed by atoms with Crippen LogP contribution in [0.5, 0.6) is 0 Å². The number of hydrogen-bond donors (Lipinski definition) is 0. The van der Waals surface area contributed by atoms with Gasteiger partial charge < -0.3 is 0 Å². The van der Waals surface area contributed by atoms with E-state index in [1.54, 1.807) is 3.59 Å². The first kappa shape index (κ1) is 18.1. The van der Waals surface area contributed by atoms with Gasteiger partial charge in [0.2, 0.25) is 0 Å². The quantitative estimate of drug-likeness (QED) is 0.585. The van der Waals surface area contributed by atoms with Crippen molar-refractivity contribution in [1.82, 2.24) is 0 Å². The molecular formula is C20H29OSn. The van der Waals surface area contributed by atoms with E-state index in [2.05, 4.69) is 71.9 Å². The van der Waals surface area contributed by atoms with Crippen LogP contribution in [0.3, 0.4) is 0 Å². The zero-order valence-corrected chi connectivity index (χ0v) is 17.8. The van der Waals surface area contributed by atoms with Crippen molar-refractivity contribution >= 4 is 22.5 Å². The molecule has 2 heteroatoms. The summed E-state index contributed by atoms with van der Waals surface area (Å²) in [6, 6.07) is 0. The average Bonchev–Trinajstić information content (AvgIpc) is 2.71. The molecule has 0 heterocycles. The summed E-state index contributed by atoms with van der Waals surface area (Å²) in [5.74, 6) is 0. The second kappa shape index (κ2) is 6.31. The Kier molecular flexibility index (Phi) is 5.18. The van der Waals surface area contributed by atoms with Gasteiger partial charge in [-0.1, -0.05) is 0 Å². The SMILES string of the molecule is CC(C)(C)OC1(CC2=[C]([Sn])CC=C2)CC=CC=C1C(C)(C)C. The summed E-state index contributed by atoms with van der Waals surface area (Å²) in [7, 11) is 0. The maximum atomic E-state index is 6.74. The van der Waals surface area contributed by atoms with Crippen molar-refractivity contribution in [3.8, 4) is 0 Å². The first-order chi connectivity index (χ1) is 10.0. The number of ether oxygens (including phenoxy) is 1. The van der Waals surface area contributed by atoms with Crippen molar-refractivity contribution in [2.75, 3.05) is 0 Å². The van der Waals surface area contributed by atoms with Gasteiger partial charge in [0.15, 0.2) is 0 Å². The minimum atomic E-state index is -0.211. The van der Waals surface area contributed by atoms with E-state index in [0.717, 1.165) is 19.3 Å². The fraction of sp³-hybridized carbons (Fsp3) is 0.600. The second-order valence-corrected chi connectivity index (χ2v) is 10.2. The summed E-state index contributed by atoms with van der Waals surface area (Å²) in [5.41, 5.74) is 2.67. The summed E-state index contributed by atoms with van der Waals surface area (Å²) in [6.07, 6.45) is 14.5. The van der Waals surface area contributed by atoms with E-state index in [1.165, 1.54) is 33.7 Å². The molecule has 2 aliphatic carbocycles. The fourth-order valence-corrected chi connectivity index (χ4v) is 4.35. The molecule has 0 saturated heterocycles. The molecule has 3 radical (unpaired) electrons. The molecule has 0 aliphatic heterocycles. The van der Waals surface area contributed by atoms with Gasteiger partial charge in [0.05, 0.1) is 0 Å². The van der Waals surface area contributed by atoms with Crippen molar-refractivity contribution in [3.63, 3.8) is 0 Å². The van der Waals surface area contributed by atoms with Crippen molar-refractivity contribution in [3.05, 3.63) is 45.1 Å². The van der Waals surface area contributed by atoms with Gasteiger partial charge in [0, 0.05) is 0 Å². The predicted molar refractivity (Wildman–Crippen MR) is 96.0 cm³/mol. The standard InChI is InChI=1S/C20H29O.Sn/c1-18(2,3)17-13-9-10-14-20(17,21-19(4,5)6)15-16-11-7-8-12-16;/h7,9-11,13H,8,14-15H2,1-6H3;. The van der Waals surface area contributed by atoms with Gasteiger partial charge in [-0.2, -0.15) is 0 Å². The van der Waals surface area contributed by atoms with Crippen molar-refractivity contribution in [2.24, 2.45) is 5.41 Å². The molecular weight excluding hydrogens is 375 g/mol. The second-order valence-electron chi connectivity index (χ2n) is 8.46. The molecule has 0 bridgehead atoms. The zero-order valence-electron chi connectivity index (χ0n) is 14.9. The fourth-order valence-electron chi connectivity index (χ4n) is 3.53. The molecule has 0 N–H and O–H groups in total. The predicted octanol–water partition coefficient (Wildman–Crippen LogP) is 5.25. The van der Waals surface area contributed by atoms with Crippen LogP contribution in [0.25, 0.3) is 0 Å². The summed E-state index contributed by atoms with van der Waals surface area (Å²) in [5, 5.41) is 0. The number of allylic oxidation sites excluding steroid dienone is 5. The molecule has 119 valence electrons. The van der Waals surface area contributed by atoms with E-state index >= 15 is 0 Å². The molecule has 0 aromatic heterocycles. The Labute approximate surface area is 149 Å². The normalized spacial score (nSPS) is 25.9. The Bertz CT molecular complexity index is 549. The summed E-state index contributed by atoms with van der Waals surface area (Å²) < 4.78 is 8.31. The van der Waals surface area contributed by atoms with Gasteiger partial charge in [0.25, 0.3) is 0 Å². The van der Waals surface area contributed by atoms with Crippen molar-refractivity contribution in [1.29, 1.82) is 0 Å². The average molecular weight is 404 g/mol. The molecule has 2 aliphatic rings. The van der Waals surface area contributed by atoms with Crippen LogP contribution in [0, 0.1) is 5.41 Å². The Morgan fingerprint density at radius 1 is 1.14 bits per heavy atom. The maximum absolute atomic E-state index is 6.74. The van der Waals surface area contributed by atoms with E-state index in [-0.39, 0.29) is 16.6 Å². The van der Waals surface area contributed by atoms with Crippen LogP contribution in [0.4, 0.5) is 0 Å². The molecule has 1 unspecified atom stereocenters. The zero-order chi connectivity index (χ0) is 16.6. The van der Waals surface area contributed by atoms with Gasteiger partial charge in [-0.05, 0) is 0 Å². The molecule has 0 aromatic carbocycles. The molecule has 0 fully saturated rings. The van der Waals surface area contributed by atoms with E-state index in [1.807, 2.05) is 0 Å². The molecule has 22 heavy (non-hydrogen) atoms. The van der Waals surface area contributed by atoms with Crippen LogP contribution in [0.1, 0.15) is 60.8 Å². The Hall–Kier alpha value is -0.281. The van der Waals surface area contributed by atoms with Crippen LogP contribution in [-0.2, 0) is 4.74 Å². The first-order valence-corrected chi connectivity index (χ1v) is 9.64. The van der Waals surface area contributed by atoms with Gasteiger partial charge in [-0.25, -0.2) is 0 Å². The molecule has 1 nitrogen and oxygen atoms in total. The van der Waals surface area contributed by atoms with Crippen LogP contribution < -0.4 is 0 Å². The topological polar surface area (TPSA) is 9.23 Å². The van der Waals surface area contributed by atoms with E-state index in [9.17, 15) is 0 Å². The molecule has 1 atom stereocenters. The first-order valence-electron chi connectivity index (χ1n) is 8.22. The van der Waals surface area contributed by atoms with Gasteiger partial charge in [0.1, 0.15) is 0 Å². The van der Waals surface area contributed by atoms with E-state index in [0.29, 0.717) is 0 Å². The third-order valence-corrected chi connectivity index (χ3v) is 5.65. The summed E-state index contributed by atoms with van der Waals surface area (Å²) >= 11 is 1.54. The van der Waals surface area contributed by atoms with Gasteiger partial charge in [-0.3, -0.25) is 0 Å². The summed E-state index contributed by atoms with van der Waals surface area (Å²) in [4.78, 5) is 0. The van der Waals surface area contributed by atoms with Crippen LogP contribution in [-0.4, -0.2) is 33.7 Å². The molecule has 0 saturated carbocycles. The summed E-state index contributed by atoms with van der Waals surface area (Å²) in [6.45, 7) is 13.4. The van der Waals surface area contributed by atoms with Crippen molar-refractivity contribution in [2.45, 2.75) is 72.0 Å². The number of hydrogen-bond acceptors (Lipinski definition) is 1. The molecule has 0 spiro atoms. The monoisotopic (exact) mass is 405 g/mol. The third kappa shape index (κ3) is 4.17. The Balaban J connectivity index is 2.46. The third-order valence-electron chi connectivity index (χ3n) is 4.15. The Morgan fingerprint density at radius 3 is 2.32 bits per heavy atom. The number of rotatable bonds is 3. The van der Waals surface area contributed by atoms with Crippen LogP contribution in [0.15, 0.2) is 45.1 Å². The van der Waals surface area contributed by atoms with E-state index in [4.69, 9.17) is 4.74 Å². The minimum absolute atomic E-state index is 0.111. The van der Waals surface area contributed by atoms with Gasteiger partial charge >= 0.3 is 150 Å². The molecule has 2 rings (SSSR count). The van der Waals surface area contributed by atoms with E-state index < -0.39 is 0 Å². The Morgan fingerprint density at radius 2 is 1.82 bits per heavy atom. The molecule has 0 amide bonds. The van der Waals surface area contributed by atoms with Crippen LogP contribution >= 0.6 is 0 Å². The van der Waals surface area contributed by atoms with Crippen LogP contribution in [0.2, 0.25) is 0 Å². The van der Waals surface area contributed by atoms with Crippen molar-refractivity contribution < 1.29 is 4.74 Å². The molecule has 0 aromatic rings. The van der Waals surface area contributed by atoms with Gasteiger partial charge in [-0.15, -0.1) is 0 Å².